The second-order valence-corrected chi connectivity index (χ2v) is 6.42. The number of aryl methyl sites for hydroxylation is 1. The van der Waals surface area contributed by atoms with Gasteiger partial charge in [0.2, 0.25) is 5.43 Å². The Hall–Kier alpha value is -2.50. The lowest BCUT2D eigenvalue weighted by Crippen LogP contribution is -2.45. The Morgan fingerprint density at radius 2 is 2.08 bits per heavy atom. The number of nitrogens with zero attached hydrogens (tertiary/aromatic N) is 3. The first-order valence-electron chi connectivity index (χ1n) is 8.69. The number of likely N-dealkylation sites (tertiary alicyclic amines) is 1. The summed E-state index contributed by atoms with van der Waals surface area (Å²) >= 11 is 0. The van der Waals surface area contributed by atoms with Gasteiger partial charge in [-0.3, -0.25) is 9.59 Å². The quantitative estimate of drug-likeness (QED) is 0.860. The van der Waals surface area contributed by atoms with Crippen molar-refractivity contribution in [3.63, 3.8) is 0 Å². The minimum absolute atomic E-state index is 0.130. The maximum atomic E-state index is 14.1. The third-order valence-corrected chi connectivity index (χ3v) is 4.75. The third kappa shape index (κ3) is 3.34. The summed E-state index contributed by atoms with van der Waals surface area (Å²) in [6, 6.07) is 7.65. The van der Waals surface area contributed by atoms with Crippen molar-refractivity contribution in [2.45, 2.75) is 45.6 Å². The number of amides is 1. The zero-order valence-electron chi connectivity index (χ0n) is 14.5. The Bertz CT molecular complexity index is 847. The lowest BCUT2D eigenvalue weighted by atomic mass is 9.99. The molecule has 0 spiro atoms. The van der Waals surface area contributed by atoms with Crippen LogP contribution in [0.4, 0.5) is 4.39 Å². The molecule has 5 nitrogen and oxygen atoms in total. The van der Waals surface area contributed by atoms with E-state index in [1.165, 1.54) is 16.8 Å². The van der Waals surface area contributed by atoms with Gasteiger partial charge in [0, 0.05) is 24.3 Å². The number of para-hydroxylation sites is 1. The molecule has 1 aromatic heterocycles. The molecule has 1 aliphatic heterocycles. The van der Waals surface area contributed by atoms with E-state index in [-0.39, 0.29) is 23.3 Å². The van der Waals surface area contributed by atoms with Crippen LogP contribution in [0.15, 0.2) is 35.1 Å². The molecule has 6 heteroatoms. The molecule has 25 heavy (non-hydrogen) atoms. The van der Waals surface area contributed by atoms with Crippen LogP contribution in [0.5, 0.6) is 0 Å². The Labute approximate surface area is 146 Å². The van der Waals surface area contributed by atoms with Gasteiger partial charge in [-0.2, -0.15) is 5.10 Å². The highest BCUT2D eigenvalue weighted by Gasteiger charge is 2.29. The number of halogens is 1. The van der Waals surface area contributed by atoms with Crippen LogP contribution in [-0.2, 0) is 0 Å². The first-order valence-corrected chi connectivity index (χ1v) is 8.69. The van der Waals surface area contributed by atoms with Gasteiger partial charge in [-0.05, 0) is 44.7 Å². The Morgan fingerprint density at radius 1 is 1.32 bits per heavy atom. The van der Waals surface area contributed by atoms with Crippen molar-refractivity contribution in [3.8, 4) is 5.69 Å². The van der Waals surface area contributed by atoms with Crippen LogP contribution in [0.3, 0.4) is 0 Å². The number of aromatic nitrogens is 2. The second-order valence-electron chi connectivity index (χ2n) is 6.42. The highest BCUT2D eigenvalue weighted by atomic mass is 19.1. The van der Waals surface area contributed by atoms with Crippen LogP contribution >= 0.6 is 0 Å². The normalized spacial score (nSPS) is 17.6. The van der Waals surface area contributed by atoms with E-state index in [1.807, 2.05) is 6.92 Å². The molecular formula is C19H22FN3O2. The summed E-state index contributed by atoms with van der Waals surface area (Å²) in [7, 11) is 0. The van der Waals surface area contributed by atoms with E-state index in [1.54, 1.807) is 30.0 Å². The largest absolute Gasteiger partial charge is 0.334 e. The molecule has 3 rings (SSSR count). The van der Waals surface area contributed by atoms with Crippen molar-refractivity contribution < 1.29 is 9.18 Å². The molecule has 2 heterocycles. The van der Waals surface area contributed by atoms with Gasteiger partial charge < -0.3 is 4.90 Å². The number of hydrogen-bond donors (Lipinski definition) is 0. The Kier molecular flexibility index (Phi) is 4.97. The van der Waals surface area contributed by atoms with Crippen molar-refractivity contribution in [1.29, 1.82) is 0 Å². The van der Waals surface area contributed by atoms with Crippen molar-refractivity contribution in [2.24, 2.45) is 0 Å². The maximum absolute atomic E-state index is 14.1. The standard InChI is InChI=1S/C19H22FN3O2/c1-3-14-8-6-7-11-22(14)19(25)18-17(24)12-13(2)23(21-18)16-10-5-4-9-15(16)20/h4-5,9-10,12,14H,3,6-8,11H2,1-2H3. The fourth-order valence-electron chi connectivity index (χ4n) is 3.39. The van der Waals surface area contributed by atoms with Crippen LogP contribution < -0.4 is 5.43 Å². The van der Waals surface area contributed by atoms with Crippen molar-refractivity contribution in [2.75, 3.05) is 6.54 Å². The molecule has 0 bridgehead atoms. The van der Waals surface area contributed by atoms with Crippen molar-refractivity contribution in [3.05, 3.63) is 57.8 Å². The molecule has 1 atom stereocenters. The number of piperidine rings is 1. The molecule has 0 saturated carbocycles. The monoisotopic (exact) mass is 343 g/mol. The van der Waals surface area contributed by atoms with E-state index in [2.05, 4.69) is 5.10 Å². The Balaban J connectivity index is 2.05. The SMILES string of the molecule is CCC1CCCCN1C(=O)c1nn(-c2ccccc2F)c(C)cc1=O. The van der Waals surface area contributed by atoms with Gasteiger partial charge in [0.05, 0.1) is 0 Å². The summed E-state index contributed by atoms with van der Waals surface area (Å²) in [6.07, 6.45) is 3.80. The first kappa shape index (κ1) is 17.3. The number of hydrogen-bond acceptors (Lipinski definition) is 3. The number of carbonyl (C=O) groups excluding carboxylic acids is 1. The van der Waals surface area contributed by atoms with Gasteiger partial charge in [-0.25, -0.2) is 9.07 Å². The molecule has 0 N–H and O–H groups in total. The average Bonchev–Trinajstić information content (AvgIpc) is 2.62. The fraction of sp³-hybridized carbons (Fsp3) is 0.421. The second kappa shape index (κ2) is 7.17. The minimum atomic E-state index is -0.454. The zero-order valence-corrected chi connectivity index (χ0v) is 14.5. The van der Waals surface area contributed by atoms with Crippen molar-refractivity contribution in [1.82, 2.24) is 14.7 Å². The van der Waals surface area contributed by atoms with Gasteiger partial charge in [0.25, 0.3) is 5.91 Å². The Morgan fingerprint density at radius 3 is 2.80 bits per heavy atom. The van der Waals surface area contributed by atoms with Crippen LogP contribution in [-0.4, -0.2) is 33.2 Å². The molecule has 1 aromatic carbocycles. The van der Waals surface area contributed by atoms with E-state index in [0.29, 0.717) is 12.2 Å². The predicted molar refractivity (Wildman–Crippen MR) is 93.5 cm³/mol. The number of benzene rings is 1. The molecule has 1 unspecified atom stereocenters. The summed E-state index contributed by atoms with van der Waals surface area (Å²) in [6.45, 7) is 4.34. The molecule has 1 amide bonds. The number of carbonyl (C=O) groups is 1. The summed E-state index contributed by atoms with van der Waals surface area (Å²) in [5.74, 6) is -0.814. The molecule has 1 aliphatic rings. The molecular weight excluding hydrogens is 321 g/mol. The van der Waals surface area contributed by atoms with E-state index in [4.69, 9.17) is 0 Å². The lowest BCUT2D eigenvalue weighted by molar-refractivity contribution is 0.0598. The van der Waals surface area contributed by atoms with Crippen LogP contribution in [0.25, 0.3) is 5.69 Å². The van der Waals surface area contributed by atoms with E-state index in [9.17, 15) is 14.0 Å². The van der Waals surface area contributed by atoms with Crippen molar-refractivity contribution >= 4 is 5.91 Å². The number of rotatable bonds is 3. The van der Waals surface area contributed by atoms with Crippen LogP contribution in [0.2, 0.25) is 0 Å². The minimum Gasteiger partial charge on any atom is -0.334 e. The van der Waals surface area contributed by atoms with Crippen LogP contribution in [0, 0.1) is 12.7 Å². The lowest BCUT2D eigenvalue weighted by Gasteiger charge is -2.34. The van der Waals surface area contributed by atoms with Gasteiger partial charge in [-0.1, -0.05) is 19.1 Å². The highest BCUT2D eigenvalue weighted by Crippen LogP contribution is 2.21. The maximum Gasteiger partial charge on any atom is 0.278 e. The topological polar surface area (TPSA) is 55.2 Å². The fourth-order valence-corrected chi connectivity index (χ4v) is 3.39. The smallest absolute Gasteiger partial charge is 0.278 e. The van der Waals surface area contributed by atoms with Crippen LogP contribution in [0.1, 0.15) is 48.8 Å². The highest BCUT2D eigenvalue weighted by molar-refractivity contribution is 5.92. The molecule has 1 fully saturated rings. The molecule has 0 aliphatic carbocycles. The summed E-state index contributed by atoms with van der Waals surface area (Å²) in [5.41, 5.74) is 0.141. The predicted octanol–water partition coefficient (Wildman–Crippen LogP) is 3.08. The van der Waals surface area contributed by atoms with E-state index < -0.39 is 11.2 Å². The third-order valence-electron chi connectivity index (χ3n) is 4.75. The average molecular weight is 343 g/mol. The van der Waals surface area contributed by atoms with Gasteiger partial charge >= 0.3 is 0 Å². The molecule has 1 saturated heterocycles. The molecule has 2 aromatic rings. The van der Waals surface area contributed by atoms with E-state index >= 15 is 0 Å². The first-order chi connectivity index (χ1) is 12.0. The van der Waals surface area contributed by atoms with Gasteiger partial charge in [0.1, 0.15) is 11.5 Å². The van der Waals surface area contributed by atoms with Gasteiger partial charge in [-0.15, -0.1) is 0 Å². The molecule has 132 valence electrons. The van der Waals surface area contributed by atoms with Gasteiger partial charge in [0.15, 0.2) is 5.69 Å². The zero-order chi connectivity index (χ0) is 18.0. The summed E-state index contributed by atoms with van der Waals surface area (Å²) in [5, 5.41) is 4.22. The van der Waals surface area contributed by atoms with E-state index in [0.717, 1.165) is 25.7 Å². The molecule has 0 radical (unpaired) electrons. The summed E-state index contributed by atoms with van der Waals surface area (Å²) in [4.78, 5) is 27.0. The summed E-state index contributed by atoms with van der Waals surface area (Å²) < 4.78 is 15.5.